The predicted octanol–water partition coefficient (Wildman–Crippen LogP) is 2.02. The first-order valence-corrected chi connectivity index (χ1v) is 8.34. The van der Waals surface area contributed by atoms with Crippen molar-refractivity contribution in [2.24, 2.45) is 5.92 Å². The molecule has 1 rings (SSSR count). The van der Waals surface area contributed by atoms with Gasteiger partial charge in [0.05, 0.1) is 32.0 Å². The minimum Gasteiger partial charge on any atom is -0.490 e. The number of benzene rings is 1. The first kappa shape index (κ1) is 17.5. The van der Waals surface area contributed by atoms with E-state index in [0.29, 0.717) is 30.5 Å². The van der Waals surface area contributed by atoms with Crippen LogP contribution in [0.1, 0.15) is 13.8 Å². The summed E-state index contributed by atoms with van der Waals surface area (Å²) in [5.41, 5.74) is 0. The number of rotatable bonds is 9. The summed E-state index contributed by atoms with van der Waals surface area (Å²) >= 11 is 0. The summed E-state index contributed by atoms with van der Waals surface area (Å²) < 4.78 is 27.5. The van der Waals surface area contributed by atoms with Crippen molar-refractivity contribution in [1.29, 1.82) is 0 Å². The lowest BCUT2D eigenvalue weighted by Crippen LogP contribution is -2.22. The van der Waals surface area contributed by atoms with E-state index in [4.69, 9.17) is 9.47 Å². The van der Waals surface area contributed by atoms with Crippen molar-refractivity contribution in [2.45, 2.75) is 13.8 Å². The van der Waals surface area contributed by atoms with Gasteiger partial charge in [0, 0.05) is 16.6 Å². The van der Waals surface area contributed by atoms with Crippen LogP contribution >= 0.6 is 0 Å². The van der Waals surface area contributed by atoms with E-state index in [0.717, 1.165) is 0 Å². The van der Waals surface area contributed by atoms with Gasteiger partial charge in [-0.05, 0) is 19.1 Å². The highest BCUT2D eigenvalue weighted by Crippen LogP contribution is 2.26. The topological polar surface area (TPSA) is 61.8 Å². The Balaban J connectivity index is 2.40. The summed E-state index contributed by atoms with van der Waals surface area (Å²) in [6.07, 6.45) is 0. The van der Waals surface area contributed by atoms with Gasteiger partial charge in [-0.2, -0.15) is 0 Å². The van der Waals surface area contributed by atoms with E-state index in [-0.39, 0.29) is 17.6 Å². The van der Waals surface area contributed by atoms with Gasteiger partial charge < -0.3 is 14.2 Å². The van der Waals surface area contributed by atoms with Gasteiger partial charge in [-0.25, -0.2) is 0 Å². The summed E-state index contributed by atoms with van der Waals surface area (Å²) in [6.45, 7) is 4.47. The molecule has 0 aliphatic rings. The molecule has 2 atom stereocenters. The normalized spacial score (nSPS) is 13.3. The van der Waals surface area contributed by atoms with Crippen molar-refractivity contribution in [2.75, 3.05) is 31.8 Å². The Labute approximate surface area is 128 Å². The Morgan fingerprint density at radius 2 is 1.86 bits per heavy atom. The molecule has 0 bridgehead atoms. The van der Waals surface area contributed by atoms with E-state index in [1.807, 2.05) is 31.2 Å². The molecule has 0 saturated carbocycles. The number of hydrogen-bond acceptors (Lipinski definition) is 5. The van der Waals surface area contributed by atoms with Crippen LogP contribution in [-0.4, -0.2) is 42.0 Å². The highest BCUT2D eigenvalue weighted by molar-refractivity contribution is 7.85. The monoisotopic (exact) mass is 314 g/mol. The molecule has 0 heterocycles. The molecule has 21 heavy (non-hydrogen) atoms. The van der Waals surface area contributed by atoms with Crippen molar-refractivity contribution < 1.29 is 23.2 Å². The van der Waals surface area contributed by atoms with Crippen LogP contribution in [0, 0.1) is 5.92 Å². The molecule has 0 aromatic heterocycles. The zero-order valence-electron chi connectivity index (χ0n) is 12.7. The van der Waals surface area contributed by atoms with Gasteiger partial charge >= 0.3 is 5.97 Å². The molecule has 0 radical (unpaired) electrons. The van der Waals surface area contributed by atoms with E-state index in [9.17, 15) is 9.00 Å². The number of ether oxygens (including phenoxy) is 3. The smallest absolute Gasteiger partial charge is 0.309 e. The van der Waals surface area contributed by atoms with E-state index in [1.54, 1.807) is 6.92 Å². The molecule has 0 N–H and O–H groups in total. The molecule has 0 aliphatic carbocycles. The third-order valence-electron chi connectivity index (χ3n) is 2.76. The molecule has 0 aliphatic heterocycles. The number of methoxy groups -OCH3 is 1. The van der Waals surface area contributed by atoms with E-state index >= 15 is 0 Å². The Morgan fingerprint density at radius 3 is 2.43 bits per heavy atom. The fourth-order valence-corrected chi connectivity index (χ4v) is 2.85. The van der Waals surface area contributed by atoms with Gasteiger partial charge in [0.15, 0.2) is 11.5 Å². The quantitative estimate of drug-likeness (QED) is 0.653. The Kier molecular flexibility index (Phi) is 7.82. The van der Waals surface area contributed by atoms with Crippen molar-refractivity contribution in [3.8, 4) is 11.5 Å². The number of para-hydroxylation sites is 2. The van der Waals surface area contributed by atoms with Gasteiger partial charge in [-0.3, -0.25) is 9.00 Å². The van der Waals surface area contributed by atoms with Crippen molar-refractivity contribution in [3.05, 3.63) is 24.3 Å². The molecule has 5 nitrogen and oxygen atoms in total. The fourth-order valence-electron chi connectivity index (χ4n) is 1.72. The summed E-state index contributed by atoms with van der Waals surface area (Å²) in [4.78, 5) is 11.3. The molecule has 0 spiro atoms. The standard InChI is InChI=1S/C15H22O5S/c1-4-19-13-7-5-6-8-14(13)20-9-10-21(17)11-12(2)15(16)18-3/h5-8,12H,4,9-11H2,1-3H3. The van der Waals surface area contributed by atoms with Crippen molar-refractivity contribution in [1.82, 2.24) is 0 Å². The molecule has 1 aromatic rings. The van der Waals surface area contributed by atoms with Gasteiger partial charge in [-0.1, -0.05) is 19.1 Å². The van der Waals surface area contributed by atoms with E-state index in [1.165, 1.54) is 7.11 Å². The minimum atomic E-state index is -1.12. The first-order valence-electron chi connectivity index (χ1n) is 6.85. The number of esters is 1. The van der Waals surface area contributed by atoms with Crippen LogP contribution in [0.15, 0.2) is 24.3 Å². The van der Waals surface area contributed by atoms with Crippen LogP contribution in [0.4, 0.5) is 0 Å². The highest BCUT2D eigenvalue weighted by atomic mass is 32.2. The molecule has 1 aromatic carbocycles. The van der Waals surface area contributed by atoms with Crippen LogP contribution < -0.4 is 9.47 Å². The number of hydrogen-bond donors (Lipinski definition) is 0. The summed E-state index contributed by atoms with van der Waals surface area (Å²) in [5, 5.41) is 0. The predicted molar refractivity (Wildman–Crippen MR) is 82.2 cm³/mol. The van der Waals surface area contributed by atoms with Crippen LogP contribution in [0.5, 0.6) is 11.5 Å². The molecule has 118 valence electrons. The third-order valence-corrected chi connectivity index (χ3v) is 4.25. The van der Waals surface area contributed by atoms with Crippen LogP contribution in [0.2, 0.25) is 0 Å². The van der Waals surface area contributed by atoms with Crippen LogP contribution in [0.25, 0.3) is 0 Å². The molecular weight excluding hydrogens is 292 g/mol. The lowest BCUT2D eigenvalue weighted by molar-refractivity contribution is -0.144. The zero-order valence-corrected chi connectivity index (χ0v) is 13.5. The Morgan fingerprint density at radius 1 is 1.24 bits per heavy atom. The Bertz CT molecular complexity index is 475. The van der Waals surface area contributed by atoms with Crippen molar-refractivity contribution >= 4 is 16.8 Å². The lowest BCUT2D eigenvalue weighted by atomic mass is 10.2. The summed E-state index contributed by atoms with van der Waals surface area (Å²) in [7, 11) is 0.206. The van der Waals surface area contributed by atoms with E-state index < -0.39 is 10.8 Å². The second-order valence-electron chi connectivity index (χ2n) is 4.46. The lowest BCUT2D eigenvalue weighted by Gasteiger charge is -2.12. The third kappa shape index (κ3) is 6.16. The highest BCUT2D eigenvalue weighted by Gasteiger charge is 2.16. The molecule has 0 saturated heterocycles. The molecule has 0 fully saturated rings. The molecule has 0 amide bonds. The van der Waals surface area contributed by atoms with Gasteiger partial charge in [-0.15, -0.1) is 0 Å². The molecule has 2 unspecified atom stereocenters. The van der Waals surface area contributed by atoms with E-state index in [2.05, 4.69) is 4.74 Å². The largest absolute Gasteiger partial charge is 0.490 e. The summed E-state index contributed by atoms with van der Waals surface area (Å²) in [5.74, 6) is 1.24. The average molecular weight is 314 g/mol. The first-order chi connectivity index (χ1) is 10.1. The maximum absolute atomic E-state index is 11.9. The zero-order chi connectivity index (χ0) is 15.7. The second kappa shape index (κ2) is 9.39. The molecular formula is C15H22O5S. The maximum atomic E-state index is 11.9. The average Bonchev–Trinajstić information content (AvgIpc) is 2.48. The minimum absolute atomic E-state index is 0.281. The molecule has 6 heteroatoms. The number of carbonyl (C=O) groups is 1. The van der Waals surface area contributed by atoms with Crippen LogP contribution in [-0.2, 0) is 20.3 Å². The fraction of sp³-hybridized carbons (Fsp3) is 0.533. The maximum Gasteiger partial charge on any atom is 0.309 e. The summed E-state index contributed by atoms with van der Waals surface area (Å²) in [6, 6.07) is 7.36. The van der Waals surface area contributed by atoms with Gasteiger partial charge in [0.25, 0.3) is 0 Å². The van der Waals surface area contributed by atoms with Gasteiger partial charge in [0.2, 0.25) is 0 Å². The Hall–Kier alpha value is -1.56. The SMILES string of the molecule is CCOc1ccccc1OCCS(=O)CC(C)C(=O)OC. The van der Waals surface area contributed by atoms with Gasteiger partial charge in [0.1, 0.15) is 0 Å². The number of carbonyl (C=O) groups excluding carboxylic acids is 1. The van der Waals surface area contributed by atoms with Crippen LogP contribution in [0.3, 0.4) is 0 Å². The second-order valence-corrected chi connectivity index (χ2v) is 6.08. The van der Waals surface area contributed by atoms with Crippen molar-refractivity contribution in [3.63, 3.8) is 0 Å².